The molecule has 1 N–H and O–H groups in total. The van der Waals surface area contributed by atoms with Gasteiger partial charge in [0.25, 0.3) is 0 Å². The number of ether oxygens (including phenoxy) is 1. The van der Waals surface area contributed by atoms with Crippen molar-refractivity contribution in [3.63, 3.8) is 0 Å². The first-order valence-electron chi connectivity index (χ1n) is 10.4. The topological polar surface area (TPSA) is 118 Å². The Kier molecular flexibility index (Phi) is 7.08. The molecule has 1 amide bonds. The first kappa shape index (κ1) is 23.4. The molecule has 1 fully saturated rings. The van der Waals surface area contributed by atoms with E-state index in [-0.39, 0.29) is 23.6 Å². The molecule has 0 aliphatic carbocycles. The van der Waals surface area contributed by atoms with E-state index in [9.17, 15) is 13.2 Å². The Balaban J connectivity index is 1.43. The van der Waals surface area contributed by atoms with Crippen LogP contribution in [0.3, 0.4) is 0 Å². The summed E-state index contributed by atoms with van der Waals surface area (Å²) < 4.78 is 38.1. The molecular formula is C21H25N5O5S2. The number of amides is 1. The van der Waals surface area contributed by atoms with E-state index in [2.05, 4.69) is 20.4 Å². The molecule has 1 aliphatic heterocycles. The van der Waals surface area contributed by atoms with Gasteiger partial charge in [-0.2, -0.15) is 9.29 Å². The molecular weight excluding hydrogens is 466 g/mol. The number of carbonyl (C=O) groups excluding carboxylic acids is 1. The molecule has 33 heavy (non-hydrogen) atoms. The summed E-state index contributed by atoms with van der Waals surface area (Å²) >= 11 is 1.50. The Morgan fingerprint density at radius 2 is 2.03 bits per heavy atom. The largest absolute Gasteiger partial charge is 0.495 e. The number of anilines is 1. The van der Waals surface area contributed by atoms with Gasteiger partial charge in [0.15, 0.2) is 0 Å². The first-order chi connectivity index (χ1) is 15.9. The molecule has 1 aromatic carbocycles. The van der Waals surface area contributed by atoms with Crippen LogP contribution in [0.5, 0.6) is 5.75 Å². The number of hydrogen-bond donors (Lipinski definition) is 1. The van der Waals surface area contributed by atoms with Crippen molar-refractivity contribution in [2.24, 2.45) is 0 Å². The van der Waals surface area contributed by atoms with Crippen LogP contribution in [-0.2, 0) is 21.2 Å². The van der Waals surface area contributed by atoms with Gasteiger partial charge >= 0.3 is 0 Å². The second-order valence-electron chi connectivity index (χ2n) is 7.61. The maximum Gasteiger partial charge on any atom is 0.243 e. The van der Waals surface area contributed by atoms with Crippen LogP contribution >= 0.6 is 11.3 Å². The van der Waals surface area contributed by atoms with Crippen LogP contribution in [0.1, 0.15) is 12.3 Å². The number of benzene rings is 1. The van der Waals surface area contributed by atoms with Crippen molar-refractivity contribution < 1.29 is 22.5 Å². The number of nitrogens with one attached hydrogen (secondary N) is 1. The third-order valence-electron chi connectivity index (χ3n) is 5.32. The normalized spacial score (nSPS) is 15.5. The second kappa shape index (κ2) is 10.00. The van der Waals surface area contributed by atoms with E-state index >= 15 is 0 Å². The number of rotatable bonds is 8. The number of methoxy groups -OCH3 is 1. The molecule has 0 saturated carbocycles. The predicted molar refractivity (Wildman–Crippen MR) is 124 cm³/mol. The van der Waals surface area contributed by atoms with Gasteiger partial charge in [0.1, 0.15) is 5.75 Å². The van der Waals surface area contributed by atoms with E-state index in [0.717, 1.165) is 4.88 Å². The van der Waals surface area contributed by atoms with E-state index in [0.29, 0.717) is 49.3 Å². The molecule has 0 bridgehead atoms. The Bertz CT molecular complexity index is 1200. The third kappa shape index (κ3) is 5.41. The molecule has 0 radical (unpaired) electrons. The van der Waals surface area contributed by atoms with Crippen molar-refractivity contribution >= 4 is 33.0 Å². The Morgan fingerprint density at radius 1 is 1.24 bits per heavy atom. The molecule has 3 heterocycles. The smallest absolute Gasteiger partial charge is 0.243 e. The van der Waals surface area contributed by atoms with Gasteiger partial charge in [-0.05, 0) is 36.7 Å². The molecule has 0 unspecified atom stereocenters. The van der Waals surface area contributed by atoms with Crippen molar-refractivity contribution in [3.05, 3.63) is 41.6 Å². The monoisotopic (exact) mass is 491 g/mol. The molecule has 1 saturated heterocycles. The van der Waals surface area contributed by atoms with E-state index in [1.54, 1.807) is 6.07 Å². The highest BCUT2D eigenvalue weighted by Crippen LogP contribution is 2.29. The van der Waals surface area contributed by atoms with Gasteiger partial charge in [0, 0.05) is 39.0 Å². The molecule has 2 aromatic heterocycles. The van der Waals surface area contributed by atoms with Crippen LogP contribution in [0, 0.1) is 0 Å². The Labute approximate surface area is 196 Å². The van der Waals surface area contributed by atoms with Crippen LogP contribution in [0.15, 0.2) is 45.1 Å². The zero-order chi connectivity index (χ0) is 23.4. The highest BCUT2D eigenvalue weighted by molar-refractivity contribution is 7.89. The zero-order valence-corrected chi connectivity index (χ0v) is 20.0. The number of piperazine rings is 1. The number of thiophene rings is 1. The predicted octanol–water partition coefficient (Wildman–Crippen LogP) is 2.31. The molecule has 10 nitrogen and oxygen atoms in total. The summed E-state index contributed by atoms with van der Waals surface area (Å²) in [5.41, 5.74) is 0.294. The maximum absolute atomic E-state index is 13.1. The van der Waals surface area contributed by atoms with Gasteiger partial charge in [0.2, 0.25) is 27.6 Å². The van der Waals surface area contributed by atoms with Crippen molar-refractivity contribution in [2.45, 2.75) is 17.7 Å². The fourth-order valence-corrected chi connectivity index (χ4v) is 5.52. The lowest BCUT2D eigenvalue weighted by Crippen LogP contribution is -2.47. The fraction of sp³-hybridized carbons (Fsp3) is 0.381. The number of aryl methyl sites for hydroxylation is 1. The number of sulfonamides is 1. The van der Waals surface area contributed by atoms with Crippen molar-refractivity contribution in [3.8, 4) is 16.5 Å². The van der Waals surface area contributed by atoms with Crippen molar-refractivity contribution in [2.75, 3.05) is 45.7 Å². The lowest BCUT2D eigenvalue weighted by Gasteiger charge is -2.31. The lowest BCUT2D eigenvalue weighted by molar-refractivity contribution is -0.116. The van der Waals surface area contributed by atoms with E-state index in [1.807, 2.05) is 24.6 Å². The summed E-state index contributed by atoms with van der Waals surface area (Å²) in [6.45, 7) is 2.18. The van der Waals surface area contributed by atoms with Gasteiger partial charge in [-0.3, -0.25) is 4.79 Å². The van der Waals surface area contributed by atoms with Gasteiger partial charge in [-0.1, -0.05) is 11.2 Å². The quantitative estimate of drug-likeness (QED) is 0.510. The van der Waals surface area contributed by atoms with Gasteiger partial charge in [-0.15, -0.1) is 11.3 Å². The fourth-order valence-electron chi connectivity index (χ4n) is 3.42. The van der Waals surface area contributed by atoms with E-state index < -0.39 is 10.0 Å². The van der Waals surface area contributed by atoms with Gasteiger partial charge in [0.05, 0.1) is 22.6 Å². The van der Waals surface area contributed by atoms with Crippen LogP contribution < -0.4 is 10.1 Å². The molecule has 1 aliphatic rings. The minimum atomic E-state index is -3.68. The van der Waals surface area contributed by atoms with Crippen molar-refractivity contribution in [1.82, 2.24) is 19.3 Å². The summed E-state index contributed by atoms with van der Waals surface area (Å²) in [5, 5.41) is 8.60. The van der Waals surface area contributed by atoms with E-state index in [4.69, 9.17) is 9.26 Å². The van der Waals surface area contributed by atoms with Gasteiger partial charge in [-0.25, -0.2) is 8.42 Å². The summed E-state index contributed by atoms with van der Waals surface area (Å²) in [7, 11) is -0.252. The number of nitrogens with zero attached hydrogens (tertiary/aromatic N) is 4. The Morgan fingerprint density at radius 3 is 2.73 bits per heavy atom. The SMILES string of the molecule is COc1ccc(S(=O)(=O)N2CCN(C)CC2)cc1NC(=O)CCc1nc(-c2cccs2)no1. The highest BCUT2D eigenvalue weighted by Gasteiger charge is 2.28. The number of hydrogen-bond acceptors (Lipinski definition) is 9. The minimum Gasteiger partial charge on any atom is -0.495 e. The summed E-state index contributed by atoms with van der Waals surface area (Å²) in [6.07, 6.45) is 0.344. The van der Waals surface area contributed by atoms with Crippen LogP contribution in [-0.4, -0.2) is 74.0 Å². The molecule has 4 rings (SSSR count). The first-order valence-corrected chi connectivity index (χ1v) is 12.7. The summed E-state index contributed by atoms with van der Waals surface area (Å²) in [4.78, 5) is 20.0. The number of carbonyl (C=O) groups is 1. The average Bonchev–Trinajstić information content (AvgIpc) is 3.50. The Hall–Kier alpha value is -2.80. The van der Waals surface area contributed by atoms with Crippen LogP contribution in [0.2, 0.25) is 0 Å². The van der Waals surface area contributed by atoms with E-state index in [1.165, 1.54) is 34.9 Å². The van der Waals surface area contributed by atoms with Gasteiger partial charge < -0.3 is 19.5 Å². The average molecular weight is 492 g/mol. The highest BCUT2D eigenvalue weighted by atomic mass is 32.2. The third-order valence-corrected chi connectivity index (χ3v) is 8.08. The summed E-state index contributed by atoms with van der Waals surface area (Å²) in [6, 6.07) is 8.26. The maximum atomic E-state index is 13.1. The molecule has 12 heteroatoms. The molecule has 0 spiro atoms. The zero-order valence-electron chi connectivity index (χ0n) is 18.4. The molecule has 176 valence electrons. The molecule has 0 atom stereocenters. The second-order valence-corrected chi connectivity index (χ2v) is 10.5. The standard InChI is InChI=1S/C21H25N5O5S2/c1-25-9-11-26(12-10-25)33(28,29)15-5-6-17(30-2)16(14-15)22-19(27)7-8-20-23-21(24-31-20)18-4-3-13-32-18/h3-6,13-14H,7-12H2,1-2H3,(H,22,27). The molecule has 3 aromatic rings. The number of likely N-dealkylation sites (N-methyl/N-ethyl adjacent to an activating group) is 1. The van der Waals surface area contributed by atoms with Crippen molar-refractivity contribution in [1.29, 1.82) is 0 Å². The summed E-state index contributed by atoms with van der Waals surface area (Å²) in [5.74, 6) is 0.896. The lowest BCUT2D eigenvalue weighted by atomic mass is 10.2. The van der Waals surface area contributed by atoms with Crippen LogP contribution in [0.25, 0.3) is 10.7 Å². The van der Waals surface area contributed by atoms with Crippen LogP contribution in [0.4, 0.5) is 5.69 Å². The number of aromatic nitrogens is 2. The minimum absolute atomic E-state index is 0.0880.